The molecule has 1 atom stereocenters. The summed E-state index contributed by atoms with van der Waals surface area (Å²) in [5.74, 6) is 1.93. The first-order valence-corrected chi connectivity index (χ1v) is 10.2. The molecule has 10 heteroatoms. The number of nitrogens with zero attached hydrogens (tertiary/aromatic N) is 4. The number of hydrogen-bond acceptors (Lipinski definition) is 8. The predicted octanol–water partition coefficient (Wildman–Crippen LogP) is 2.51. The lowest BCUT2D eigenvalue weighted by molar-refractivity contribution is -0.120. The fraction of sp³-hybridized carbons (Fsp3) is 0.300. The van der Waals surface area contributed by atoms with Crippen LogP contribution in [0.2, 0.25) is 0 Å². The van der Waals surface area contributed by atoms with Crippen molar-refractivity contribution in [1.29, 1.82) is 0 Å². The van der Waals surface area contributed by atoms with Gasteiger partial charge in [0.05, 0.1) is 12.4 Å². The van der Waals surface area contributed by atoms with E-state index in [-0.39, 0.29) is 12.7 Å². The number of aryl methyl sites for hydroxylation is 1. The number of carbonyl (C=O) groups is 1. The minimum atomic E-state index is -0.403. The SMILES string of the molecule is COc1ccc(C)cc1-n1nnnc1SC(C)C(=O)NCc1ccc2c(c1)OCO2. The summed E-state index contributed by atoms with van der Waals surface area (Å²) in [6.45, 7) is 4.40. The molecule has 1 aliphatic heterocycles. The molecule has 1 aliphatic rings. The summed E-state index contributed by atoms with van der Waals surface area (Å²) in [5.41, 5.74) is 2.70. The van der Waals surface area contributed by atoms with Gasteiger partial charge in [-0.05, 0) is 59.7 Å². The van der Waals surface area contributed by atoms with Gasteiger partial charge in [0.15, 0.2) is 11.5 Å². The third-order valence-corrected chi connectivity index (χ3v) is 5.59. The van der Waals surface area contributed by atoms with Crippen LogP contribution in [0.5, 0.6) is 17.2 Å². The second kappa shape index (κ2) is 8.62. The van der Waals surface area contributed by atoms with Gasteiger partial charge in [-0.3, -0.25) is 4.79 Å². The van der Waals surface area contributed by atoms with Crippen LogP contribution in [0.15, 0.2) is 41.6 Å². The molecule has 1 unspecified atom stereocenters. The summed E-state index contributed by atoms with van der Waals surface area (Å²) in [5, 5.41) is 15.0. The molecule has 0 aliphatic carbocycles. The highest BCUT2D eigenvalue weighted by atomic mass is 32.2. The van der Waals surface area contributed by atoms with E-state index in [0.717, 1.165) is 16.8 Å². The topological polar surface area (TPSA) is 100 Å². The second-order valence-electron chi connectivity index (χ2n) is 6.71. The zero-order valence-corrected chi connectivity index (χ0v) is 17.6. The lowest BCUT2D eigenvalue weighted by Gasteiger charge is -2.13. The van der Waals surface area contributed by atoms with Crippen LogP contribution in [-0.4, -0.2) is 45.3 Å². The van der Waals surface area contributed by atoms with E-state index in [1.54, 1.807) is 11.8 Å². The fourth-order valence-electron chi connectivity index (χ4n) is 2.96. The first-order valence-electron chi connectivity index (χ1n) is 9.31. The fourth-order valence-corrected chi connectivity index (χ4v) is 3.79. The minimum Gasteiger partial charge on any atom is -0.494 e. The van der Waals surface area contributed by atoms with Crippen molar-refractivity contribution in [1.82, 2.24) is 25.5 Å². The lowest BCUT2D eigenvalue weighted by Crippen LogP contribution is -2.30. The van der Waals surface area contributed by atoms with E-state index < -0.39 is 5.25 Å². The predicted molar refractivity (Wildman–Crippen MR) is 110 cm³/mol. The van der Waals surface area contributed by atoms with Crippen molar-refractivity contribution in [2.24, 2.45) is 0 Å². The number of aromatic nitrogens is 4. The number of carbonyl (C=O) groups excluding carboxylic acids is 1. The minimum absolute atomic E-state index is 0.122. The van der Waals surface area contributed by atoms with Gasteiger partial charge in [0.1, 0.15) is 11.4 Å². The molecule has 2 heterocycles. The number of thioether (sulfide) groups is 1. The Morgan fingerprint density at radius 1 is 1.27 bits per heavy atom. The van der Waals surface area contributed by atoms with E-state index in [1.807, 2.05) is 50.2 Å². The normalized spacial score (nSPS) is 13.2. The summed E-state index contributed by atoms with van der Waals surface area (Å²) in [4.78, 5) is 12.6. The van der Waals surface area contributed by atoms with Gasteiger partial charge in [-0.2, -0.15) is 4.68 Å². The molecule has 156 valence electrons. The largest absolute Gasteiger partial charge is 0.494 e. The van der Waals surface area contributed by atoms with Gasteiger partial charge in [-0.15, -0.1) is 5.10 Å². The van der Waals surface area contributed by atoms with Crippen LogP contribution in [-0.2, 0) is 11.3 Å². The van der Waals surface area contributed by atoms with Crippen molar-refractivity contribution in [2.45, 2.75) is 30.8 Å². The molecule has 0 fully saturated rings. The third kappa shape index (κ3) is 4.18. The number of fused-ring (bicyclic) bond motifs is 1. The second-order valence-corrected chi connectivity index (χ2v) is 8.02. The van der Waals surface area contributed by atoms with E-state index in [9.17, 15) is 4.79 Å². The molecule has 0 spiro atoms. The number of hydrogen-bond donors (Lipinski definition) is 1. The van der Waals surface area contributed by atoms with Crippen molar-refractivity contribution >= 4 is 17.7 Å². The molecule has 2 aromatic carbocycles. The average molecular weight is 427 g/mol. The van der Waals surface area contributed by atoms with Crippen LogP contribution >= 0.6 is 11.8 Å². The van der Waals surface area contributed by atoms with Crippen LogP contribution in [0.4, 0.5) is 0 Å². The van der Waals surface area contributed by atoms with Gasteiger partial charge in [0.2, 0.25) is 17.9 Å². The number of methoxy groups -OCH3 is 1. The first kappa shape index (κ1) is 20.0. The van der Waals surface area contributed by atoms with Crippen molar-refractivity contribution in [3.8, 4) is 22.9 Å². The van der Waals surface area contributed by atoms with Gasteiger partial charge >= 0.3 is 0 Å². The smallest absolute Gasteiger partial charge is 0.233 e. The molecule has 4 rings (SSSR count). The molecule has 0 saturated heterocycles. The van der Waals surface area contributed by atoms with Crippen LogP contribution < -0.4 is 19.5 Å². The third-order valence-electron chi connectivity index (χ3n) is 4.56. The summed E-state index contributed by atoms with van der Waals surface area (Å²) in [6, 6.07) is 11.4. The number of ether oxygens (including phenoxy) is 3. The lowest BCUT2D eigenvalue weighted by atomic mass is 10.2. The molecule has 1 aromatic heterocycles. The first-order chi connectivity index (χ1) is 14.5. The molecule has 0 bridgehead atoms. The maximum Gasteiger partial charge on any atom is 0.233 e. The molecule has 1 amide bonds. The van der Waals surface area contributed by atoms with Crippen molar-refractivity contribution in [3.63, 3.8) is 0 Å². The van der Waals surface area contributed by atoms with Crippen molar-refractivity contribution in [3.05, 3.63) is 47.5 Å². The van der Waals surface area contributed by atoms with E-state index in [1.165, 1.54) is 11.8 Å². The maximum atomic E-state index is 12.6. The van der Waals surface area contributed by atoms with Crippen molar-refractivity contribution < 1.29 is 19.0 Å². The van der Waals surface area contributed by atoms with E-state index in [2.05, 4.69) is 20.8 Å². The van der Waals surface area contributed by atoms with Crippen LogP contribution in [0.3, 0.4) is 0 Å². The quantitative estimate of drug-likeness (QED) is 0.574. The Labute approximate surface area is 177 Å². The summed E-state index contributed by atoms with van der Waals surface area (Å²) < 4.78 is 17.7. The Morgan fingerprint density at radius 3 is 2.93 bits per heavy atom. The molecule has 9 nitrogen and oxygen atoms in total. The highest BCUT2D eigenvalue weighted by Gasteiger charge is 2.21. The molecular formula is C20H21N5O4S. The summed E-state index contributed by atoms with van der Waals surface area (Å²) in [7, 11) is 1.59. The molecule has 3 aromatic rings. The van der Waals surface area contributed by atoms with Crippen LogP contribution in [0.25, 0.3) is 5.69 Å². The molecule has 1 N–H and O–H groups in total. The number of benzene rings is 2. The molecule has 0 radical (unpaired) electrons. The number of nitrogens with one attached hydrogen (secondary N) is 1. The van der Waals surface area contributed by atoms with E-state index in [4.69, 9.17) is 14.2 Å². The summed E-state index contributed by atoms with van der Waals surface area (Å²) >= 11 is 1.27. The Hall–Kier alpha value is -3.27. The van der Waals surface area contributed by atoms with Gasteiger partial charge in [0.25, 0.3) is 0 Å². The standard InChI is InChI=1S/C20H21N5O4S/c1-12-4-6-16(27-3)15(8-12)25-20(22-23-24-25)30-13(2)19(26)21-10-14-5-7-17-18(9-14)29-11-28-17/h4-9,13H,10-11H2,1-3H3,(H,21,26). The van der Waals surface area contributed by atoms with E-state index >= 15 is 0 Å². The zero-order valence-electron chi connectivity index (χ0n) is 16.8. The number of tetrazole rings is 1. The van der Waals surface area contributed by atoms with E-state index in [0.29, 0.717) is 28.9 Å². The van der Waals surface area contributed by atoms with Crippen LogP contribution in [0, 0.1) is 6.92 Å². The highest BCUT2D eigenvalue weighted by molar-refractivity contribution is 8.00. The molecule has 30 heavy (non-hydrogen) atoms. The van der Waals surface area contributed by atoms with Gasteiger partial charge < -0.3 is 19.5 Å². The Morgan fingerprint density at radius 2 is 2.10 bits per heavy atom. The van der Waals surface area contributed by atoms with Crippen LogP contribution in [0.1, 0.15) is 18.1 Å². The Bertz CT molecular complexity index is 1070. The monoisotopic (exact) mass is 427 g/mol. The number of rotatable bonds is 7. The Balaban J connectivity index is 1.42. The van der Waals surface area contributed by atoms with Gasteiger partial charge in [0, 0.05) is 6.54 Å². The maximum absolute atomic E-state index is 12.6. The Kier molecular flexibility index (Phi) is 5.75. The van der Waals surface area contributed by atoms with Crippen molar-refractivity contribution in [2.75, 3.05) is 13.9 Å². The highest BCUT2D eigenvalue weighted by Crippen LogP contribution is 2.32. The van der Waals surface area contributed by atoms with Gasteiger partial charge in [-0.25, -0.2) is 0 Å². The zero-order chi connectivity index (χ0) is 21.1. The van der Waals surface area contributed by atoms with Gasteiger partial charge in [-0.1, -0.05) is 23.9 Å². The average Bonchev–Trinajstić information content (AvgIpc) is 3.40. The summed E-state index contributed by atoms with van der Waals surface area (Å²) in [6.07, 6.45) is 0. The molecular weight excluding hydrogens is 406 g/mol. The number of amides is 1. The molecule has 0 saturated carbocycles.